The summed E-state index contributed by atoms with van der Waals surface area (Å²) in [6.45, 7) is 0. The van der Waals surface area contributed by atoms with Crippen LogP contribution in [0.25, 0.3) is 0 Å². The van der Waals surface area contributed by atoms with Gasteiger partial charge in [0.15, 0.2) is 0 Å². The predicted molar refractivity (Wildman–Crippen MR) is 27.0 cm³/mol. The highest BCUT2D eigenvalue weighted by Gasteiger charge is 2.05. The highest BCUT2D eigenvalue weighted by molar-refractivity contribution is 7.84. The first-order valence-corrected chi connectivity index (χ1v) is 3.35. The molecule has 0 aliphatic heterocycles. The lowest BCUT2D eigenvalue weighted by Gasteiger charge is -1.88. The Balaban J connectivity index is 3.20. The van der Waals surface area contributed by atoms with Crippen LogP contribution in [0.4, 0.5) is 0 Å². The summed E-state index contributed by atoms with van der Waals surface area (Å²) in [5.41, 5.74) is 0. The topological polar surface area (TPSA) is 85.1 Å². The van der Waals surface area contributed by atoms with Crippen LogP contribution in [0.3, 0.4) is 0 Å². The fourth-order valence-corrected chi connectivity index (χ4v) is 0.663. The normalized spacial score (nSPS) is 11.7. The van der Waals surface area contributed by atoms with Crippen LogP contribution in [0, 0.1) is 0 Å². The van der Waals surface area contributed by atoms with Gasteiger partial charge >= 0.3 is 10.3 Å². The molecule has 0 spiro atoms. The second kappa shape index (κ2) is 1.78. The van der Waals surface area contributed by atoms with Gasteiger partial charge < -0.3 is 0 Å². The summed E-state index contributed by atoms with van der Waals surface area (Å²) in [6.07, 6.45) is 2.17. The van der Waals surface area contributed by atoms with Crippen LogP contribution in [-0.4, -0.2) is 27.4 Å². The number of nitrogens with zero attached hydrogens (tertiary/aromatic N) is 3. The van der Waals surface area contributed by atoms with E-state index in [0.29, 0.717) is 4.09 Å². The Kier molecular flexibility index (Phi) is 1.22. The number of hydrogen-bond donors (Lipinski definition) is 1. The Morgan fingerprint density at radius 2 is 2.22 bits per heavy atom. The fourth-order valence-electron chi connectivity index (χ4n) is 0.320. The van der Waals surface area contributed by atoms with Crippen LogP contribution < -0.4 is 0 Å². The van der Waals surface area contributed by atoms with Crippen molar-refractivity contribution in [2.45, 2.75) is 0 Å². The molecule has 50 valence electrons. The van der Waals surface area contributed by atoms with Crippen LogP contribution in [-0.2, 0) is 10.3 Å². The molecule has 9 heavy (non-hydrogen) atoms. The first kappa shape index (κ1) is 6.17. The summed E-state index contributed by atoms with van der Waals surface area (Å²) in [7, 11) is -4.22. The summed E-state index contributed by atoms with van der Waals surface area (Å²) >= 11 is 0. The highest BCUT2D eigenvalue weighted by atomic mass is 32.2. The molecule has 0 aliphatic rings. The van der Waals surface area contributed by atoms with Crippen molar-refractivity contribution in [2.24, 2.45) is 0 Å². The van der Waals surface area contributed by atoms with Crippen molar-refractivity contribution >= 4 is 10.3 Å². The van der Waals surface area contributed by atoms with Crippen LogP contribution in [0.1, 0.15) is 0 Å². The Morgan fingerprint density at radius 1 is 1.56 bits per heavy atom. The number of aromatic nitrogens is 3. The van der Waals surface area contributed by atoms with Gasteiger partial charge in [0.05, 0.1) is 12.4 Å². The van der Waals surface area contributed by atoms with Gasteiger partial charge in [0.25, 0.3) is 0 Å². The maximum absolute atomic E-state index is 10.1. The Morgan fingerprint density at radius 3 is 2.44 bits per heavy atom. The molecule has 0 saturated carbocycles. The number of rotatable bonds is 1. The first-order valence-electron chi connectivity index (χ1n) is 1.95. The molecule has 1 aromatic rings. The molecule has 1 rings (SSSR count). The van der Waals surface area contributed by atoms with E-state index in [2.05, 4.69) is 10.3 Å². The van der Waals surface area contributed by atoms with Crippen LogP contribution in [0.5, 0.6) is 0 Å². The van der Waals surface area contributed by atoms with Gasteiger partial charge in [0, 0.05) is 0 Å². The average molecular weight is 149 g/mol. The fraction of sp³-hybridized carbons (Fsp3) is 0. The maximum Gasteiger partial charge on any atom is 0.380 e. The zero-order valence-corrected chi connectivity index (χ0v) is 4.98. The summed E-state index contributed by atoms with van der Waals surface area (Å²) in [5, 5.41) is 6.18. The molecule has 0 aliphatic carbocycles. The minimum absolute atomic E-state index is 0.354. The number of hydrogen-bond acceptors (Lipinski definition) is 4. The van der Waals surface area contributed by atoms with Crippen LogP contribution in [0.2, 0.25) is 0 Å². The van der Waals surface area contributed by atoms with E-state index < -0.39 is 10.3 Å². The zero-order valence-electron chi connectivity index (χ0n) is 4.17. The second-order valence-electron chi connectivity index (χ2n) is 1.25. The van der Waals surface area contributed by atoms with Gasteiger partial charge in [0.1, 0.15) is 0 Å². The van der Waals surface area contributed by atoms with Gasteiger partial charge in [-0.3, -0.25) is 4.55 Å². The molecule has 6 nitrogen and oxygen atoms in total. The molecule has 0 atom stereocenters. The van der Waals surface area contributed by atoms with Crippen molar-refractivity contribution in [2.75, 3.05) is 0 Å². The summed E-state index contributed by atoms with van der Waals surface area (Å²) in [4.78, 5) is 0. The van der Waals surface area contributed by atoms with E-state index in [0.717, 1.165) is 12.4 Å². The molecule has 1 N–H and O–H groups in total. The van der Waals surface area contributed by atoms with Gasteiger partial charge in [-0.25, -0.2) is 0 Å². The zero-order chi connectivity index (χ0) is 6.91. The molecule has 0 radical (unpaired) electrons. The Bertz CT molecular complexity index is 274. The molecule has 0 aromatic carbocycles. The Labute approximate surface area is 51.0 Å². The third-order valence-electron chi connectivity index (χ3n) is 0.637. The predicted octanol–water partition coefficient (Wildman–Crippen LogP) is -1.07. The molecule has 0 fully saturated rings. The minimum atomic E-state index is -4.22. The molecule has 0 amide bonds. The van der Waals surface area contributed by atoms with Gasteiger partial charge in [-0.2, -0.15) is 8.42 Å². The summed E-state index contributed by atoms with van der Waals surface area (Å²) < 4.78 is 28.8. The molecule has 7 heteroatoms. The summed E-state index contributed by atoms with van der Waals surface area (Å²) in [6, 6.07) is 0. The van der Waals surface area contributed by atoms with E-state index in [4.69, 9.17) is 4.55 Å². The maximum atomic E-state index is 10.1. The lowest BCUT2D eigenvalue weighted by Crippen LogP contribution is -2.11. The van der Waals surface area contributed by atoms with Gasteiger partial charge in [0.2, 0.25) is 0 Å². The standard InChI is InChI=1S/C2H3N3O3S/c6-9(7,8)5-2-1-3-4-5/h1-2H,(H,6,7,8). The van der Waals surface area contributed by atoms with Crippen molar-refractivity contribution in [1.29, 1.82) is 0 Å². The van der Waals surface area contributed by atoms with Crippen LogP contribution >= 0.6 is 0 Å². The average Bonchev–Trinajstić information content (AvgIpc) is 2.08. The van der Waals surface area contributed by atoms with Crippen molar-refractivity contribution in [3.8, 4) is 0 Å². The third kappa shape index (κ3) is 1.24. The van der Waals surface area contributed by atoms with E-state index in [1.54, 1.807) is 0 Å². The van der Waals surface area contributed by atoms with Crippen molar-refractivity contribution in [1.82, 2.24) is 14.4 Å². The lowest BCUT2D eigenvalue weighted by atomic mass is 11.0. The molecule has 0 saturated heterocycles. The first-order chi connectivity index (χ1) is 4.11. The smallest absolute Gasteiger partial charge is 0.268 e. The second-order valence-corrected chi connectivity index (χ2v) is 2.52. The molecule has 0 unspecified atom stereocenters. The van der Waals surface area contributed by atoms with Crippen LogP contribution in [0.15, 0.2) is 12.4 Å². The molecular weight excluding hydrogens is 146 g/mol. The van der Waals surface area contributed by atoms with Gasteiger partial charge in [-0.05, 0) is 0 Å². The van der Waals surface area contributed by atoms with Crippen molar-refractivity contribution in [3.05, 3.63) is 12.4 Å². The van der Waals surface area contributed by atoms with E-state index >= 15 is 0 Å². The monoisotopic (exact) mass is 149 g/mol. The molecule has 1 heterocycles. The quantitative estimate of drug-likeness (QED) is 0.514. The minimum Gasteiger partial charge on any atom is -0.268 e. The van der Waals surface area contributed by atoms with E-state index in [9.17, 15) is 8.42 Å². The highest BCUT2D eigenvalue weighted by Crippen LogP contribution is 1.84. The molecular formula is C2H3N3O3S. The van der Waals surface area contributed by atoms with E-state index in [1.165, 1.54) is 0 Å². The van der Waals surface area contributed by atoms with Gasteiger partial charge in [-0.1, -0.05) is 5.21 Å². The molecule has 1 aromatic heterocycles. The molecule has 0 bridgehead atoms. The van der Waals surface area contributed by atoms with Crippen molar-refractivity contribution < 1.29 is 13.0 Å². The van der Waals surface area contributed by atoms with Crippen molar-refractivity contribution in [3.63, 3.8) is 0 Å². The SMILES string of the molecule is O=S(=O)(O)n1ccnn1. The third-order valence-corrected chi connectivity index (χ3v) is 1.30. The van der Waals surface area contributed by atoms with Gasteiger partial charge in [-0.15, -0.1) is 9.19 Å². The Hall–Kier alpha value is -0.950. The lowest BCUT2D eigenvalue weighted by molar-refractivity contribution is 0.463. The largest absolute Gasteiger partial charge is 0.380 e. The summed E-state index contributed by atoms with van der Waals surface area (Å²) in [5.74, 6) is 0. The van der Waals surface area contributed by atoms with E-state index in [-0.39, 0.29) is 0 Å². The van der Waals surface area contributed by atoms with E-state index in [1.807, 2.05) is 0 Å².